The quantitative estimate of drug-likeness (QED) is 0.346. The maximum absolute atomic E-state index is 13.0. The van der Waals surface area contributed by atoms with Gasteiger partial charge in [-0.25, -0.2) is 22.6 Å². The number of benzene rings is 2. The van der Waals surface area contributed by atoms with E-state index in [0.29, 0.717) is 23.4 Å². The molecule has 4 aromatic rings. The number of nitrogens with zero attached hydrogens (tertiary/aromatic N) is 3. The number of alkyl halides is 3. The molecular weight excluding hydrogens is 515 g/mol. The van der Waals surface area contributed by atoms with E-state index in [0.717, 1.165) is 27.5 Å². The number of urea groups is 1. The number of sulfone groups is 1. The van der Waals surface area contributed by atoms with Gasteiger partial charge in [-0.05, 0) is 48.0 Å². The van der Waals surface area contributed by atoms with Crippen molar-refractivity contribution in [1.82, 2.24) is 14.1 Å². The van der Waals surface area contributed by atoms with Crippen LogP contribution in [0.1, 0.15) is 5.56 Å². The highest BCUT2D eigenvalue weighted by atomic mass is 32.2. The molecule has 2 aromatic carbocycles. The zero-order valence-corrected chi connectivity index (χ0v) is 19.5. The Labute approximate surface area is 207 Å². The molecule has 0 saturated heterocycles. The van der Waals surface area contributed by atoms with Gasteiger partial charge in [-0.15, -0.1) is 0 Å². The fourth-order valence-corrected chi connectivity index (χ4v) is 4.17. The molecule has 2 aromatic heterocycles. The normalized spacial score (nSPS) is 11.8. The van der Waals surface area contributed by atoms with E-state index >= 15 is 0 Å². The summed E-state index contributed by atoms with van der Waals surface area (Å²) in [6, 6.07) is 13.0. The Morgan fingerprint density at radius 2 is 1.68 bits per heavy atom. The molecule has 0 aliphatic carbocycles. The molecule has 37 heavy (non-hydrogen) atoms. The van der Waals surface area contributed by atoms with Crippen LogP contribution in [0.2, 0.25) is 0 Å². The molecular formula is C23H18F3N5O5S. The van der Waals surface area contributed by atoms with Gasteiger partial charge >= 0.3 is 17.2 Å². The fourth-order valence-electron chi connectivity index (χ4n) is 3.41. The molecule has 10 nitrogen and oxygen atoms in total. The lowest BCUT2D eigenvalue weighted by atomic mass is 10.2. The smallest absolute Gasteiger partial charge is 0.493 e. The predicted octanol–water partition coefficient (Wildman–Crippen LogP) is 3.73. The molecule has 3 N–H and O–H groups in total. The van der Waals surface area contributed by atoms with E-state index in [1.54, 1.807) is 36.4 Å². The SMILES string of the molecule is O=C(Nc1ccccc1)Nc1cnccc1Cn1cc(O)n(-c2ccc(S(=O)(=O)C(F)(F)F)cc2)c1=O. The first-order chi connectivity index (χ1) is 17.5. The Morgan fingerprint density at radius 3 is 2.32 bits per heavy atom. The number of para-hydroxylation sites is 1. The zero-order chi connectivity index (χ0) is 26.8. The van der Waals surface area contributed by atoms with Crippen LogP contribution in [-0.2, 0) is 16.4 Å². The molecule has 0 saturated carbocycles. The van der Waals surface area contributed by atoms with E-state index in [-0.39, 0.29) is 17.9 Å². The maximum atomic E-state index is 13.0. The van der Waals surface area contributed by atoms with Gasteiger partial charge in [0.05, 0.1) is 35.2 Å². The summed E-state index contributed by atoms with van der Waals surface area (Å²) in [5.41, 5.74) is -5.00. The number of pyridine rings is 1. The van der Waals surface area contributed by atoms with E-state index in [1.165, 1.54) is 12.4 Å². The van der Waals surface area contributed by atoms with Gasteiger partial charge in [0.25, 0.3) is 9.84 Å². The summed E-state index contributed by atoms with van der Waals surface area (Å²) in [5.74, 6) is -0.540. The highest BCUT2D eigenvalue weighted by Gasteiger charge is 2.46. The lowest BCUT2D eigenvalue weighted by Gasteiger charge is -2.12. The van der Waals surface area contributed by atoms with Crippen molar-refractivity contribution in [1.29, 1.82) is 0 Å². The third-order valence-electron chi connectivity index (χ3n) is 5.18. The van der Waals surface area contributed by atoms with Crippen molar-refractivity contribution in [2.75, 3.05) is 10.6 Å². The van der Waals surface area contributed by atoms with Gasteiger partial charge < -0.3 is 15.7 Å². The minimum Gasteiger partial charge on any atom is -0.493 e. The topological polar surface area (TPSA) is 135 Å². The summed E-state index contributed by atoms with van der Waals surface area (Å²) in [6.07, 6.45) is 3.91. The van der Waals surface area contributed by atoms with Crippen molar-refractivity contribution in [2.24, 2.45) is 0 Å². The standard InChI is InChI=1S/C23H18F3N5O5S/c24-23(25,26)37(35,36)18-8-6-17(7-9-18)31-20(32)14-30(22(31)34)13-15-10-11-27-12-19(15)29-21(33)28-16-4-2-1-3-5-16/h1-12,14,32H,13H2,(H2,28,29,33). The number of aromatic nitrogens is 3. The summed E-state index contributed by atoms with van der Waals surface area (Å²) < 4.78 is 63.4. The van der Waals surface area contributed by atoms with E-state index in [2.05, 4.69) is 15.6 Å². The molecule has 0 fully saturated rings. The minimum atomic E-state index is -5.57. The molecule has 2 heterocycles. The van der Waals surface area contributed by atoms with Crippen molar-refractivity contribution < 1.29 is 31.5 Å². The number of carbonyl (C=O) groups is 1. The summed E-state index contributed by atoms with van der Waals surface area (Å²) in [7, 11) is -5.57. The highest BCUT2D eigenvalue weighted by Crippen LogP contribution is 2.30. The first-order valence-electron chi connectivity index (χ1n) is 10.5. The molecule has 2 amide bonds. The third-order valence-corrected chi connectivity index (χ3v) is 6.68. The average molecular weight is 533 g/mol. The predicted molar refractivity (Wildman–Crippen MR) is 127 cm³/mol. The van der Waals surface area contributed by atoms with Gasteiger partial charge in [-0.1, -0.05) is 18.2 Å². The van der Waals surface area contributed by atoms with E-state index in [4.69, 9.17) is 0 Å². The Hall–Kier alpha value is -4.59. The average Bonchev–Trinajstić information content (AvgIpc) is 3.12. The fraction of sp³-hybridized carbons (Fsp3) is 0.0870. The van der Waals surface area contributed by atoms with Crippen LogP contribution in [0.3, 0.4) is 0 Å². The molecule has 0 spiro atoms. The van der Waals surface area contributed by atoms with Gasteiger partial charge in [-0.2, -0.15) is 13.2 Å². The van der Waals surface area contributed by atoms with E-state index in [9.17, 15) is 36.3 Å². The lowest BCUT2D eigenvalue weighted by Crippen LogP contribution is -2.25. The zero-order valence-electron chi connectivity index (χ0n) is 18.7. The second kappa shape index (κ2) is 9.81. The van der Waals surface area contributed by atoms with Crippen LogP contribution in [0.25, 0.3) is 5.69 Å². The van der Waals surface area contributed by atoms with Crippen LogP contribution >= 0.6 is 0 Å². The van der Waals surface area contributed by atoms with Crippen molar-refractivity contribution in [3.63, 3.8) is 0 Å². The first-order valence-corrected chi connectivity index (χ1v) is 11.9. The van der Waals surface area contributed by atoms with Crippen molar-refractivity contribution in [2.45, 2.75) is 16.9 Å². The molecule has 0 aliphatic heterocycles. The van der Waals surface area contributed by atoms with Crippen LogP contribution in [0.4, 0.5) is 29.3 Å². The number of carbonyl (C=O) groups excluding carboxylic acids is 1. The largest absolute Gasteiger partial charge is 0.501 e. The number of amides is 2. The van der Waals surface area contributed by atoms with E-state index < -0.39 is 37.8 Å². The van der Waals surface area contributed by atoms with Gasteiger partial charge in [0.15, 0.2) is 0 Å². The van der Waals surface area contributed by atoms with Crippen LogP contribution in [0, 0.1) is 0 Å². The van der Waals surface area contributed by atoms with Gasteiger partial charge in [-0.3, -0.25) is 9.55 Å². The number of hydrogen-bond donors (Lipinski definition) is 3. The van der Waals surface area contributed by atoms with E-state index in [1.807, 2.05) is 0 Å². The van der Waals surface area contributed by atoms with Crippen LogP contribution in [-0.4, -0.2) is 39.2 Å². The molecule has 4 rings (SSSR count). The Kier molecular flexibility index (Phi) is 6.76. The van der Waals surface area contributed by atoms with Crippen LogP contribution in [0.5, 0.6) is 5.88 Å². The van der Waals surface area contributed by atoms with Gasteiger partial charge in [0.1, 0.15) is 0 Å². The number of rotatable bonds is 6. The summed E-state index contributed by atoms with van der Waals surface area (Å²) in [4.78, 5) is 28.3. The molecule has 0 aliphatic rings. The summed E-state index contributed by atoms with van der Waals surface area (Å²) in [5, 5.41) is 15.6. The molecule has 192 valence electrons. The minimum absolute atomic E-state index is 0.0577. The molecule has 0 radical (unpaired) electrons. The summed E-state index contributed by atoms with van der Waals surface area (Å²) >= 11 is 0. The maximum Gasteiger partial charge on any atom is 0.501 e. The summed E-state index contributed by atoms with van der Waals surface area (Å²) in [6.45, 7) is -0.108. The van der Waals surface area contributed by atoms with Crippen LogP contribution < -0.4 is 16.3 Å². The van der Waals surface area contributed by atoms with Gasteiger partial charge in [0, 0.05) is 11.9 Å². The number of aromatic hydroxyl groups is 1. The van der Waals surface area contributed by atoms with Crippen molar-refractivity contribution in [3.05, 3.63) is 95.3 Å². The number of imidazole rings is 1. The lowest BCUT2D eigenvalue weighted by molar-refractivity contribution is -0.0436. The Bertz CT molecular complexity index is 1600. The number of anilines is 2. The van der Waals surface area contributed by atoms with Crippen LogP contribution in [0.15, 0.2) is 88.9 Å². The van der Waals surface area contributed by atoms with Crippen molar-refractivity contribution in [3.8, 4) is 11.6 Å². The third kappa shape index (κ3) is 5.33. The number of hydrogen-bond acceptors (Lipinski definition) is 6. The Morgan fingerprint density at radius 1 is 1.00 bits per heavy atom. The highest BCUT2D eigenvalue weighted by molar-refractivity contribution is 7.92. The number of nitrogens with one attached hydrogen (secondary N) is 2. The second-order valence-electron chi connectivity index (χ2n) is 7.65. The molecule has 0 bridgehead atoms. The van der Waals surface area contributed by atoms with Crippen molar-refractivity contribution >= 4 is 27.2 Å². The Balaban J connectivity index is 1.57. The van der Waals surface area contributed by atoms with Gasteiger partial charge in [0.2, 0.25) is 5.88 Å². The number of halogens is 3. The molecule has 14 heteroatoms. The second-order valence-corrected chi connectivity index (χ2v) is 9.60. The molecule has 0 unspecified atom stereocenters. The first kappa shape index (κ1) is 25.5. The molecule has 0 atom stereocenters. The monoisotopic (exact) mass is 533 g/mol.